The van der Waals surface area contributed by atoms with Gasteiger partial charge in [0.25, 0.3) is 0 Å². The van der Waals surface area contributed by atoms with Gasteiger partial charge < -0.3 is 9.05 Å². The topological polar surface area (TPSA) is 18.0 Å². The summed E-state index contributed by atoms with van der Waals surface area (Å²) >= 11 is 0. The highest BCUT2D eigenvalue weighted by Crippen LogP contribution is 2.50. The predicted octanol–water partition coefficient (Wildman–Crippen LogP) is 11.3. The highest BCUT2D eigenvalue weighted by atomic mass is 15.3. The molecule has 0 unspecified atom stereocenters. The van der Waals surface area contributed by atoms with Crippen LogP contribution in [0, 0.1) is 0 Å². The molecule has 0 radical (unpaired) electrons. The van der Waals surface area contributed by atoms with E-state index < -0.39 is 0 Å². The summed E-state index contributed by atoms with van der Waals surface area (Å²) in [5.41, 5.74) is 16.1. The number of anilines is 3. The Morgan fingerprint density at radius 2 is 0.927 bits per heavy atom. The average Bonchev–Trinajstić information content (AvgIpc) is 3.90. The molecule has 0 amide bonds. The minimum Gasteiger partial charge on any atom is -0.375 e. The number of aromatic nitrogens is 3. The normalized spacial score (nSPS) is 13.0. The van der Waals surface area contributed by atoms with Gasteiger partial charge in [-0.1, -0.05) is 121 Å². The summed E-state index contributed by atoms with van der Waals surface area (Å²) in [4.78, 5) is 2.52. The Morgan fingerprint density at radius 1 is 0.364 bits per heavy atom. The second-order valence-electron chi connectivity index (χ2n) is 14.9. The molecule has 0 saturated heterocycles. The first-order chi connectivity index (χ1) is 27.4. The van der Waals surface area contributed by atoms with Gasteiger partial charge in [0.2, 0.25) is 0 Å². The zero-order valence-electron chi connectivity index (χ0n) is 29.8. The smallest absolute Gasteiger partial charge is 0.335 e. The van der Waals surface area contributed by atoms with Crippen molar-refractivity contribution in [2.75, 3.05) is 4.90 Å². The lowest BCUT2D eigenvalue weighted by molar-refractivity contribution is 1.07. The molecule has 254 valence electrons. The zero-order valence-corrected chi connectivity index (χ0v) is 29.8. The lowest BCUT2D eigenvalue weighted by Crippen LogP contribution is -2.56. The summed E-state index contributed by atoms with van der Waals surface area (Å²) in [5, 5.41) is 6.39. The van der Waals surface area contributed by atoms with E-state index >= 15 is 0 Å². The molecular formula is C50H31BN4. The van der Waals surface area contributed by atoms with E-state index in [4.69, 9.17) is 0 Å². The highest BCUT2D eigenvalue weighted by molar-refractivity contribution is 6.91. The first kappa shape index (κ1) is 29.2. The first-order valence-corrected chi connectivity index (χ1v) is 19.1. The van der Waals surface area contributed by atoms with Crippen LogP contribution in [0.25, 0.3) is 77.0 Å². The molecule has 4 nitrogen and oxygen atoms in total. The Kier molecular flexibility index (Phi) is 5.68. The van der Waals surface area contributed by atoms with Crippen molar-refractivity contribution in [1.82, 2.24) is 13.6 Å². The van der Waals surface area contributed by atoms with Gasteiger partial charge in [-0.25, -0.2) is 0 Å². The van der Waals surface area contributed by atoms with Crippen molar-refractivity contribution in [3.05, 3.63) is 188 Å². The molecule has 0 atom stereocenters. The van der Waals surface area contributed by atoms with Crippen molar-refractivity contribution < 1.29 is 0 Å². The lowest BCUT2D eigenvalue weighted by atomic mass is 9.45. The van der Waals surface area contributed by atoms with Gasteiger partial charge in [-0.2, -0.15) is 0 Å². The Bertz CT molecular complexity index is 3370. The maximum atomic E-state index is 2.70. The van der Waals surface area contributed by atoms with Gasteiger partial charge in [-0.3, -0.25) is 9.47 Å². The number of rotatable bonds is 3. The van der Waals surface area contributed by atoms with Crippen LogP contribution in [-0.4, -0.2) is 20.5 Å². The van der Waals surface area contributed by atoms with Crippen LogP contribution in [0.3, 0.4) is 0 Å². The van der Waals surface area contributed by atoms with Gasteiger partial charge in [0.05, 0.1) is 16.6 Å². The Labute approximate surface area is 317 Å². The molecule has 0 N–H and O–H groups in total. The molecular weight excluding hydrogens is 667 g/mol. The molecule has 3 aromatic heterocycles. The van der Waals surface area contributed by atoms with Gasteiger partial charge >= 0.3 is 6.85 Å². The first-order valence-electron chi connectivity index (χ1n) is 19.1. The van der Waals surface area contributed by atoms with Crippen molar-refractivity contribution >= 4 is 89.5 Å². The fourth-order valence-electron chi connectivity index (χ4n) is 10.2. The number of para-hydroxylation sites is 6. The summed E-state index contributed by atoms with van der Waals surface area (Å²) in [6.45, 7) is -0.0714. The van der Waals surface area contributed by atoms with Crippen molar-refractivity contribution in [1.29, 1.82) is 0 Å². The summed E-state index contributed by atoms with van der Waals surface area (Å²) < 4.78 is 7.68. The molecule has 55 heavy (non-hydrogen) atoms. The number of nitrogens with zero attached hydrogens (tertiary/aromatic N) is 4. The zero-order chi connectivity index (χ0) is 35.8. The number of fused-ring (bicyclic) bond motifs is 13. The van der Waals surface area contributed by atoms with E-state index in [1.807, 2.05) is 0 Å². The molecule has 0 fully saturated rings. The molecule has 0 spiro atoms. The van der Waals surface area contributed by atoms with E-state index in [0.717, 1.165) is 11.4 Å². The van der Waals surface area contributed by atoms with E-state index in [-0.39, 0.29) is 6.85 Å². The molecule has 11 aromatic rings. The fourth-order valence-corrected chi connectivity index (χ4v) is 10.2. The summed E-state index contributed by atoms with van der Waals surface area (Å²) in [5.74, 6) is 1.18. The van der Waals surface area contributed by atoms with E-state index in [2.05, 4.69) is 207 Å². The Balaban J connectivity index is 1.27. The summed E-state index contributed by atoms with van der Waals surface area (Å²) in [6, 6.07) is 69.2. The fraction of sp³-hybridized carbons (Fsp3) is 0. The largest absolute Gasteiger partial charge is 0.375 e. The lowest BCUT2D eigenvalue weighted by Gasteiger charge is -2.39. The average molecular weight is 699 g/mol. The van der Waals surface area contributed by atoms with Crippen LogP contribution >= 0.6 is 0 Å². The van der Waals surface area contributed by atoms with Crippen molar-refractivity contribution in [3.63, 3.8) is 0 Å². The van der Waals surface area contributed by atoms with Crippen molar-refractivity contribution in [2.24, 2.45) is 0 Å². The minimum absolute atomic E-state index is 0.0714. The third kappa shape index (κ3) is 3.67. The second kappa shape index (κ2) is 10.7. The molecule has 0 bridgehead atoms. The molecule has 5 heteroatoms. The maximum absolute atomic E-state index is 2.70. The number of hydrogen-bond donors (Lipinski definition) is 0. The van der Waals surface area contributed by atoms with E-state index in [9.17, 15) is 0 Å². The van der Waals surface area contributed by atoms with Crippen LogP contribution in [-0.2, 0) is 0 Å². The van der Waals surface area contributed by atoms with Crippen molar-refractivity contribution in [3.8, 4) is 22.5 Å². The highest BCUT2D eigenvalue weighted by Gasteiger charge is 2.46. The molecule has 5 heterocycles. The summed E-state index contributed by atoms with van der Waals surface area (Å²) in [6.07, 6.45) is 0. The molecule has 2 aliphatic heterocycles. The van der Waals surface area contributed by atoms with E-state index in [0.29, 0.717) is 0 Å². The molecule has 0 saturated carbocycles. The molecule has 2 aliphatic rings. The molecule has 8 aromatic carbocycles. The van der Waals surface area contributed by atoms with Gasteiger partial charge in [-0.05, 0) is 83.1 Å². The monoisotopic (exact) mass is 698 g/mol. The molecule has 13 rings (SSSR count). The van der Waals surface area contributed by atoms with Crippen LogP contribution < -0.4 is 15.8 Å². The van der Waals surface area contributed by atoms with Gasteiger partial charge in [0.15, 0.2) is 0 Å². The molecule has 0 aliphatic carbocycles. The van der Waals surface area contributed by atoms with Gasteiger partial charge in [0, 0.05) is 66.4 Å². The van der Waals surface area contributed by atoms with Crippen LogP contribution in [0.15, 0.2) is 188 Å². The van der Waals surface area contributed by atoms with E-state index in [1.165, 1.54) is 93.8 Å². The predicted molar refractivity (Wildman–Crippen MR) is 231 cm³/mol. The van der Waals surface area contributed by atoms with Crippen LogP contribution in [0.4, 0.5) is 17.2 Å². The Hall–Kier alpha value is -7.24. The third-order valence-electron chi connectivity index (χ3n) is 12.2. The van der Waals surface area contributed by atoms with Crippen molar-refractivity contribution in [2.45, 2.75) is 0 Å². The SMILES string of the molecule is c1ccc(N2c3cccc4c3B(c3c2n(-c2ccccc2)c2ccccc32)n2c3ccccc3c3c2c-4cc2c4ccccc4n(-c4ccccc4)c23)cc1. The maximum Gasteiger partial charge on any atom is 0.335 e. The van der Waals surface area contributed by atoms with Gasteiger partial charge in [0.1, 0.15) is 5.82 Å². The minimum atomic E-state index is -0.0714. The van der Waals surface area contributed by atoms with E-state index in [1.54, 1.807) is 0 Å². The number of hydrogen-bond acceptors (Lipinski definition) is 1. The van der Waals surface area contributed by atoms with Crippen LogP contribution in [0.1, 0.15) is 0 Å². The van der Waals surface area contributed by atoms with Crippen LogP contribution in [0.5, 0.6) is 0 Å². The number of benzene rings is 8. The summed E-state index contributed by atoms with van der Waals surface area (Å²) in [7, 11) is 0. The third-order valence-corrected chi connectivity index (χ3v) is 12.2. The Morgan fingerprint density at radius 3 is 1.64 bits per heavy atom. The standard InChI is InChI=1S/C50H31BN4/c1-4-17-32(18-5-1)52-41-27-13-10-23-35(41)39-31-40-36-26-16-30-44-46(36)51(55-43-29-15-11-24-37(43)45(48(39)52)49(40)55)47-38-25-12-14-28-42(38)53(33-19-6-2-7-20-33)50(47)54(44)34-21-8-3-9-22-34/h1-31H. The quantitative estimate of drug-likeness (QED) is 0.168. The second-order valence-corrected chi connectivity index (χ2v) is 14.9. The van der Waals surface area contributed by atoms with Crippen LogP contribution in [0.2, 0.25) is 0 Å². The van der Waals surface area contributed by atoms with Gasteiger partial charge in [-0.15, -0.1) is 0 Å².